The Morgan fingerprint density at radius 1 is 1.05 bits per heavy atom. The Hall–Kier alpha value is -0.280. The summed E-state index contributed by atoms with van der Waals surface area (Å²) in [4.78, 5) is 15.0. The van der Waals surface area contributed by atoms with Gasteiger partial charge in [0.05, 0.1) is 0 Å². The van der Waals surface area contributed by atoms with Crippen LogP contribution in [0.4, 0.5) is 0 Å². The maximum absolute atomic E-state index is 12.7. The summed E-state index contributed by atoms with van der Waals surface area (Å²) in [6.45, 7) is 3.41. The van der Waals surface area contributed by atoms with E-state index in [4.69, 9.17) is 0 Å². The molecule has 1 unspecified atom stereocenters. The van der Waals surface area contributed by atoms with E-state index in [0.29, 0.717) is 24.0 Å². The van der Waals surface area contributed by atoms with Crippen LogP contribution in [0.3, 0.4) is 0 Å². The van der Waals surface area contributed by atoms with Crippen molar-refractivity contribution < 1.29 is 4.79 Å². The predicted octanol–water partition coefficient (Wildman–Crippen LogP) is 3.51. The summed E-state index contributed by atoms with van der Waals surface area (Å²) in [6, 6.07) is 1.60. The van der Waals surface area contributed by atoms with Crippen molar-refractivity contribution in [2.45, 2.75) is 89.3 Å². The molecule has 0 aromatic heterocycles. The maximum Gasteiger partial charge on any atom is 0.224 e. The maximum atomic E-state index is 12.7. The van der Waals surface area contributed by atoms with E-state index in [9.17, 15) is 4.79 Å². The number of rotatable bonds is 5. The van der Waals surface area contributed by atoms with E-state index in [1.807, 2.05) is 0 Å². The lowest BCUT2D eigenvalue weighted by Gasteiger charge is -2.37. The molecular formula is C17H31ClN2O. The van der Waals surface area contributed by atoms with Crippen molar-refractivity contribution in [3.05, 3.63) is 0 Å². The van der Waals surface area contributed by atoms with Crippen LogP contribution in [0.2, 0.25) is 0 Å². The van der Waals surface area contributed by atoms with Gasteiger partial charge in [0.2, 0.25) is 5.91 Å². The average Bonchev–Trinajstić information content (AvgIpc) is 3.16. The van der Waals surface area contributed by atoms with E-state index in [1.54, 1.807) is 0 Å². The molecule has 122 valence electrons. The highest BCUT2D eigenvalue weighted by atomic mass is 35.5. The van der Waals surface area contributed by atoms with Gasteiger partial charge in [-0.15, -0.1) is 12.4 Å². The second kappa shape index (κ2) is 7.82. The van der Waals surface area contributed by atoms with Crippen LogP contribution in [0, 0.1) is 5.92 Å². The molecule has 3 rings (SSSR count). The molecule has 2 aliphatic carbocycles. The van der Waals surface area contributed by atoms with E-state index in [-0.39, 0.29) is 12.4 Å². The van der Waals surface area contributed by atoms with Gasteiger partial charge >= 0.3 is 0 Å². The van der Waals surface area contributed by atoms with E-state index in [2.05, 4.69) is 17.1 Å². The van der Waals surface area contributed by atoms with Gasteiger partial charge in [0.25, 0.3) is 0 Å². The van der Waals surface area contributed by atoms with Crippen LogP contribution in [0.1, 0.15) is 71.1 Å². The fourth-order valence-electron chi connectivity index (χ4n) is 4.14. The van der Waals surface area contributed by atoms with Crippen LogP contribution in [0.15, 0.2) is 0 Å². The lowest BCUT2D eigenvalue weighted by atomic mass is 9.83. The van der Waals surface area contributed by atoms with Crippen molar-refractivity contribution in [1.29, 1.82) is 0 Å². The third kappa shape index (κ3) is 4.35. The molecule has 2 saturated carbocycles. The predicted molar refractivity (Wildman–Crippen MR) is 88.8 cm³/mol. The molecular weight excluding hydrogens is 284 g/mol. The number of hydrogen-bond acceptors (Lipinski definition) is 2. The first kappa shape index (κ1) is 17.1. The first-order valence-corrected chi connectivity index (χ1v) is 8.82. The van der Waals surface area contributed by atoms with Crippen molar-refractivity contribution in [2.75, 3.05) is 6.54 Å². The lowest BCUT2D eigenvalue weighted by molar-refractivity contribution is -0.135. The molecule has 0 radical (unpaired) electrons. The van der Waals surface area contributed by atoms with E-state index < -0.39 is 0 Å². The Morgan fingerprint density at radius 3 is 2.14 bits per heavy atom. The van der Waals surface area contributed by atoms with Gasteiger partial charge in [-0.1, -0.05) is 13.3 Å². The normalized spacial score (nSPS) is 32.5. The molecule has 3 nitrogen and oxygen atoms in total. The highest BCUT2D eigenvalue weighted by Gasteiger charge is 2.39. The van der Waals surface area contributed by atoms with Crippen molar-refractivity contribution in [1.82, 2.24) is 10.2 Å². The average molecular weight is 315 g/mol. The highest BCUT2D eigenvalue weighted by molar-refractivity contribution is 5.85. The van der Waals surface area contributed by atoms with Crippen molar-refractivity contribution in [3.63, 3.8) is 0 Å². The topological polar surface area (TPSA) is 32.3 Å². The molecule has 1 atom stereocenters. The van der Waals surface area contributed by atoms with Gasteiger partial charge < -0.3 is 10.2 Å². The highest BCUT2D eigenvalue weighted by Crippen LogP contribution is 2.36. The van der Waals surface area contributed by atoms with E-state index >= 15 is 0 Å². The third-order valence-corrected chi connectivity index (χ3v) is 5.60. The first-order valence-electron chi connectivity index (χ1n) is 8.82. The second-order valence-electron chi connectivity index (χ2n) is 7.11. The van der Waals surface area contributed by atoms with E-state index in [0.717, 1.165) is 18.9 Å². The smallest absolute Gasteiger partial charge is 0.224 e. The zero-order valence-electron chi connectivity index (χ0n) is 13.4. The summed E-state index contributed by atoms with van der Waals surface area (Å²) in [5, 5.41) is 3.47. The number of amides is 1. The molecule has 3 fully saturated rings. The number of hydrogen-bond donors (Lipinski definition) is 1. The molecule has 1 saturated heterocycles. The molecule has 1 heterocycles. The van der Waals surface area contributed by atoms with Crippen molar-refractivity contribution in [2.24, 2.45) is 5.92 Å². The fourth-order valence-corrected chi connectivity index (χ4v) is 4.14. The molecule has 21 heavy (non-hydrogen) atoms. The number of carbonyl (C=O) groups excluding carboxylic acids is 1. The van der Waals surface area contributed by atoms with Gasteiger partial charge in [0.15, 0.2) is 0 Å². The minimum absolute atomic E-state index is 0. The van der Waals surface area contributed by atoms with Crippen LogP contribution >= 0.6 is 12.4 Å². The minimum atomic E-state index is 0. The zero-order valence-corrected chi connectivity index (χ0v) is 14.2. The number of nitrogens with zero attached hydrogens (tertiary/aromatic N) is 1. The van der Waals surface area contributed by atoms with Gasteiger partial charge in [0.1, 0.15) is 0 Å². The molecule has 4 heteroatoms. The Bertz CT molecular complexity index is 332. The van der Waals surface area contributed by atoms with Crippen LogP contribution < -0.4 is 5.32 Å². The minimum Gasteiger partial charge on any atom is -0.337 e. The summed E-state index contributed by atoms with van der Waals surface area (Å²) < 4.78 is 0. The summed E-state index contributed by atoms with van der Waals surface area (Å²) in [5.74, 6) is 1.35. The van der Waals surface area contributed by atoms with Gasteiger partial charge in [-0.3, -0.25) is 4.79 Å². The van der Waals surface area contributed by atoms with Gasteiger partial charge in [-0.05, 0) is 63.8 Å². The molecule has 1 aliphatic heterocycles. The Kier molecular flexibility index (Phi) is 6.36. The van der Waals surface area contributed by atoms with E-state index in [1.165, 1.54) is 57.8 Å². The monoisotopic (exact) mass is 314 g/mol. The van der Waals surface area contributed by atoms with Crippen molar-refractivity contribution >= 4 is 18.3 Å². The third-order valence-electron chi connectivity index (χ3n) is 5.60. The fraction of sp³-hybridized carbons (Fsp3) is 0.941. The first-order chi connectivity index (χ1) is 9.78. The molecule has 1 N–H and O–H groups in total. The SMILES string of the molecule is CCC1CCC(N(C(=O)CC2CCCN2)C2CC2)CC1.Cl. The Morgan fingerprint density at radius 2 is 1.67 bits per heavy atom. The van der Waals surface area contributed by atoms with Gasteiger partial charge in [0, 0.05) is 24.5 Å². The summed E-state index contributed by atoms with van der Waals surface area (Å²) in [6.07, 6.45) is 12.1. The summed E-state index contributed by atoms with van der Waals surface area (Å²) >= 11 is 0. The molecule has 0 spiro atoms. The Labute approximate surface area is 135 Å². The number of carbonyl (C=O) groups is 1. The summed E-state index contributed by atoms with van der Waals surface area (Å²) in [5.41, 5.74) is 0. The van der Waals surface area contributed by atoms with Gasteiger partial charge in [-0.25, -0.2) is 0 Å². The second-order valence-corrected chi connectivity index (χ2v) is 7.11. The molecule has 0 bridgehead atoms. The standard InChI is InChI=1S/C17H30N2O.ClH/c1-2-13-5-7-15(8-6-13)19(16-9-10-16)17(20)12-14-4-3-11-18-14;/h13-16,18H,2-12H2,1H3;1H. The van der Waals surface area contributed by atoms with Gasteiger partial charge in [-0.2, -0.15) is 0 Å². The largest absolute Gasteiger partial charge is 0.337 e. The molecule has 0 aromatic carbocycles. The van der Waals surface area contributed by atoms with Crippen LogP contribution in [0.25, 0.3) is 0 Å². The van der Waals surface area contributed by atoms with Crippen LogP contribution in [0.5, 0.6) is 0 Å². The molecule has 0 aromatic rings. The Balaban J connectivity index is 0.00000161. The molecule has 3 aliphatic rings. The lowest BCUT2D eigenvalue weighted by Crippen LogP contribution is -2.45. The number of halogens is 1. The molecule has 1 amide bonds. The van der Waals surface area contributed by atoms with Crippen LogP contribution in [-0.4, -0.2) is 35.5 Å². The zero-order chi connectivity index (χ0) is 13.9. The summed E-state index contributed by atoms with van der Waals surface area (Å²) in [7, 11) is 0. The quantitative estimate of drug-likeness (QED) is 0.842. The number of nitrogens with one attached hydrogen (secondary N) is 1. The van der Waals surface area contributed by atoms with Crippen molar-refractivity contribution in [3.8, 4) is 0 Å². The van der Waals surface area contributed by atoms with Crippen LogP contribution in [-0.2, 0) is 4.79 Å².